The average Bonchev–Trinajstić information content (AvgIpc) is 3.74. The number of hydrogen-bond donors (Lipinski definition) is 4. The average molecular weight is 900 g/mol. The van der Waals surface area contributed by atoms with Gasteiger partial charge in [0.05, 0.1) is 44.5 Å². The number of carbonyl (C=O) groups is 6. The van der Waals surface area contributed by atoms with Gasteiger partial charge >= 0.3 is 30.0 Å². The summed E-state index contributed by atoms with van der Waals surface area (Å²) in [5, 5.41) is 39.9. The highest BCUT2D eigenvalue weighted by atomic mass is 16.6. The Morgan fingerprint density at radius 2 is 1.66 bits per heavy atom. The molecular formula is C45H57NO18. The first-order valence-electron chi connectivity index (χ1n) is 20.8. The van der Waals surface area contributed by atoms with E-state index in [1.807, 2.05) is 0 Å². The molecule has 2 saturated carbocycles. The maximum absolute atomic E-state index is 15.6. The van der Waals surface area contributed by atoms with Crippen molar-refractivity contribution in [3.8, 4) is 11.5 Å². The monoisotopic (exact) mass is 899 g/mol. The summed E-state index contributed by atoms with van der Waals surface area (Å²) in [6, 6.07) is 5.60. The second kappa shape index (κ2) is 17.1. The molecule has 1 aromatic carbocycles. The molecule has 4 aliphatic rings. The van der Waals surface area contributed by atoms with Crippen molar-refractivity contribution in [2.75, 3.05) is 20.8 Å². The van der Waals surface area contributed by atoms with Gasteiger partial charge in [-0.1, -0.05) is 13.8 Å². The van der Waals surface area contributed by atoms with Crippen LogP contribution in [0.5, 0.6) is 11.5 Å². The molecule has 1 aliphatic heterocycles. The molecule has 0 radical (unpaired) electrons. The smallest absolute Gasteiger partial charge is 0.408 e. The van der Waals surface area contributed by atoms with E-state index < -0.39 is 118 Å². The zero-order chi connectivity index (χ0) is 47.5. The molecule has 64 heavy (non-hydrogen) atoms. The summed E-state index contributed by atoms with van der Waals surface area (Å²) in [7, 11) is 2.69. The van der Waals surface area contributed by atoms with Gasteiger partial charge in [-0.25, -0.2) is 14.4 Å². The Morgan fingerprint density at radius 3 is 2.20 bits per heavy atom. The highest BCUT2D eigenvalue weighted by Gasteiger charge is 2.78. The number of fused-ring (bicyclic) bond motifs is 5. The highest BCUT2D eigenvalue weighted by Crippen LogP contribution is 2.64. The van der Waals surface area contributed by atoms with Gasteiger partial charge in [-0.15, -0.1) is 0 Å². The fourth-order valence-electron chi connectivity index (χ4n) is 9.97. The molecule has 2 heterocycles. The lowest BCUT2D eigenvalue weighted by molar-refractivity contribution is -0.346. The summed E-state index contributed by atoms with van der Waals surface area (Å²) in [5.74, 6) is -6.54. The third-order valence-corrected chi connectivity index (χ3v) is 13.1. The van der Waals surface area contributed by atoms with Gasteiger partial charge in [0.2, 0.25) is 0 Å². The molecule has 11 atom stereocenters. The van der Waals surface area contributed by atoms with Gasteiger partial charge in [-0.3, -0.25) is 14.4 Å². The molecule has 19 nitrogen and oxygen atoms in total. The van der Waals surface area contributed by atoms with Crippen LogP contribution in [0.15, 0.2) is 52.2 Å². The number of benzene rings is 1. The van der Waals surface area contributed by atoms with Gasteiger partial charge in [-0.05, 0) is 76.1 Å². The molecule has 6 rings (SSSR count). The fourth-order valence-corrected chi connectivity index (χ4v) is 9.97. The third kappa shape index (κ3) is 8.11. The van der Waals surface area contributed by atoms with Crippen molar-refractivity contribution in [1.82, 2.24) is 5.32 Å². The number of aliphatic hydroxyl groups excluding tert-OH is 2. The molecule has 1 saturated heterocycles. The topological polar surface area (TPSA) is 262 Å². The van der Waals surface area contributed by atoms with E-state index in [0.29, 0.717) is 0 Å². The van der Waals surface area contributed by atoms with Crippen LogP contribution in [0.25, 0.3) is 0 Å². The van der Waals surface area contributed by atoms with Gasteiger partial charge < -0.3 is 62.9 Å². The minimum Gasteiger partial charge on any atom is -0.497 e. The van der Waals surface area contributed by atoms with Crippen molar-refractivity contribution >= 4 is 35.8 Å². The summed E-state index contributed by atoms with van der Waals surface area (Å²) < 4.78 is 51.9. The maximum atomic E-state index is 15.6. The van der Waals surface area contributed by atoms with Crippen LogP contribution in [0.2, 0.25) is 0 Å². The van der Waals surface area contributed by atoms with Crippen molar-refractivity contribution in [3.05, 3.63) is 59.1 Å². The normalized spacial score (nSPS) is 31.5. The number of aliphatic hydroxyl groups is 3. The number of nitrogens with one attached hydrogen (secondary N) is 1. The fraction of sp³-hybridized carbons (Fsp3) is 0.600. The van der Waals surface area contributed by atoms with Crippen LogP contribution >= 0.6 is 0 Å². The van der Waals surface area contributed by atoms with E-state index in [1.54, 1.807) is 20.8 Å². The number of ketones is 1. The van der Waals surface area contributed by atoms with E-state index in [1.165, 1.54) is 78.5 Å². The van der Waals surface area contributed by atoms with Crippen LogP contribution in [0, 0.1) is 16.7 Å². The van der Waals surface area contributed by atoms with Crippen molar-refractivity contribution < 1.29 is 86.4 Å². The van der Waals surface area contributed by atoms with Crippen molar-refractivity contribution in [2.24, 2.45) is 16.7 Å². The molecule has 3 aliphatic carbocycles. The second-order valence-electron chi connectivity index (χ2n) is 18.5. The van der Waals surface area contributed by atoms with E-state index in [4.69, 9.17) is 42.3 Å². The minimum atomic E-state index is -2.50. The number of amides is 1. The Labute approximate surface area is 369 Å². The maximum Gasteiger partial charge on any atom is 0.408 e. The zero-order valence-electron chi connectivity index (χ0n) is 37.7. The summed E-state index contributed by atoms with van der Waals surface area (Å²) in [6.45, 7) is 12.5. The van der Waals surface area contributed by atoms with Crippen LogP contribution in [0.1, 0.15) is 97.3 Å². The molecular weight excluding hydrogens is 842 g/mol. The number of ether oxygens (including phenoxy) is 8. The number of alkyl carbamates (subject to hydrolysis) is 1. The van der Waals surface area contributed by atoms with Crippen LogP contribution < -0.4 is 14.8 Å². The predicted molar refractivity (Wildman–Crippen MR) is 219 cm³/mol. The van der Waals surface area contributed by atoms with E-state index >= 15 is 4.79 Å². The second-order valence-corrected chi connectivity index (χ2v) is 18.5. The van der Waals surface area contributed by atoms with Crippen molar-refractivity contribution in [2.45, 2.75) is 135 Å². The van der Waals surface area contributed by atoms with Gasteiger partial charge in [0, 0.05) is 32.1 Å². The Morgan fingerprint density at radius 1 is 0.969 bits per heavy atom. The zero-order valence-corrected chi connectivity index (χ0v) is 37.7. The SMILES string of the molecule is COc1ccc(OC)c(C(=O)O[C@H]2[C@@H]3[C@]4(OC(C)=O)CO[C@@H]4C[C@H](O)[C@@]3(C)C(=O)[C@H](OC(C)=O)C3=C(C)[C@@H](OC(=O)[C@H](O)[C@@H](NC(=O)OC(C)(C)C)c4ccco4)C[C@]2(O)C3(C)C)c1. The lowest BCUT2D eigenvalue weighted by atomic mass is 9.44. The molecule has 4 N–H and O–H groups in total. The largest absolute Gasteiger partial charge is 0.497 e. The minimum absolute atomic E-state index is 0.0341. The lowest BCUT2D eigenvalue weighted by Crippen LogP contribution is -2.82. The number of esters is 4. The van der Waals surface area contributed by atoms with Crippen molar-refractivity contribution in [3.63, 3.8) is 0 Å². The van der Waals surface area contributed by atoms with Gasteiger partial charge in [0.25, 0.3) is 0 Å². The molecule has 0 unspecified atom stereocenters. The molecule has 19 heteroatoms. The molecule has 3 fully saturated rings. The van der Waals surface area contributed by atoms with E-state index in [0.717, 1.165) is 13.8 Å². The number of rotatable bonds is 11. The number of hydrogen-bond acceptors (Lipinski definition) is 18. The van der Waals surface area contributed by atoms with Gasteiger partial charge in [-0.2, -0.15) is 0 Å². The van der Waals surface area contributed by atoms with E-state index in [9.17, 15) is 39.3 Å². The molecule has 2 bridgehead atoms. The van der Waals surface area contributed by atoms with Gasteiger partial charge in [0.1, 0.15) is 58.4 Å². The van der Waals surface area contributed by atoms with Crippen LogP contribution in [-0.2, 0) is 47.6 Å². The summed E-state index contributed by atoms with van der Waals surface area (Å²) in [4.78, 5) is 83.5. The third-order valence-electron chi connectivity index (χ3n) is 13.1. The number of carbonyl (C=O) groups excluding carboxylic acids is 6. The Hall–Kier alpha value is -5.50. The van der Waals surface area contributed by atoms with Crippen LogP contribution in [0.3, 0.4) is 0 Å². The molecule has 1 amide bonds. The number of Topliss-reactive ketones (excluding diaryl/α,β-unsaturated/α-hetero) is 1. The molecule has 2 aromatic rings. The Bertz CT molecular complexity index is 2210. The highest BCUT2D eigenvalue weighted by molar-refractivity contribution is 5.96. The van der Waals surface area contributed by atoms with E-state index in [-0.39, 0.29) is 47.0 Å². The first kappa shape index (κ1) is 48.0. The van der Waals surface area contributed by atoms with E-state index in [2.05, 4.69) is 5.32 Å². The summed E-state index contributed by atoms with van der Waals surface area (Å²) >= 11 is 0. The van der Waals surface area contributed by atoms with Gasteiger partial charge in [0.15, 0.2) is 23.6 Å². The lowest BCUT2D eigenvalue weighted by Gasteiger charge is -2.67. The molecule has 0 spiro atoms. The Balaban J connectivity index is 1.56. The summed E-state index contributed by atoms with van der Waals surface area (Å²) in [6.07, 6.45) is -10.9. The predicted octanol–water partition coefficient (Wildman–Crippen LogP) is 3.44. The summed E-state index contributed by atoms with van der Waals surface area (Å²) in [5.41, 5.74) is -9.32. The van der Waals surface area contributed by atoms with Crippen LogP contribution in [-0.4, -0.2) is 125 Å². The first-order valence-corrected chi connectivity index (χ1v) is 20.8. The molecule has 350 valence electrons. The number of furan rings is 1. The van der Waals surface area contributed by atoms with Crippen molar-refractivity contribution in [1.29, 1.82) is 0 Å². The van der Waals surface area contributed by atoms with Crippen LogP contribution in [0.4, 0.5) is 4.79 Å². The number of methoxy groups -OCH3 is 2. The molecule has 1 aromatic heterocycles. The first-order chi connectivity index (χ1) is 29.8. The quantitative estimate of drug-likeness (QED) is 0.143. The Kier molecular flexibility index (Phi) is 12.8. The standard InChI is InChI=1S/C45H57NO18/c1-21-28(61-39(53)33(50)32(27-13-12-16-58-27)46-40(54)64-41(4,5)6)19-45(55)37(62-38(52)25-17-24(56-10)14-15-26(25)57-11)35-43(9,29(49)18-30-44(35,20-59-30)63-23(3)48)36(51)34(60-22(2)47)31(21)42(45,7)8/h12-17,28-30,32-35,37,49-50,55H,18-20H2,1-11H3,(H,46,54)/t28-,29-,30+,32-,33+,34+,35-,37-,43+,44-,45+/m0/s1.